The molecule has 4 rings (SSSR count). The molecule has 0 saturated carbocycles. The summed E-state index contributed by atoms with van der Waals surface area (Å²) in [5, 5.41) is 9.89. The lowest BCUT2D eigenvalue weighted by molar-refractivity contribution is -0.137. The zero-order chi connectivity index (χ0) is 20.2. The standard InChI is InChI=1S/C23H22N2O4/c1-16-20(24-23(29-16)17-5-3-2-4-6-17)11-14-28-19-7-8-21-18(15-19)9-12-25(21)13-10-22(26)27/h2-9,12,15H,10-11,13-14H2,1H3,(H,26,27). The van der Waals surface area contributed by atoms with E-state index in [0.29, 0.717) is 25.5 Å². The quantitative estimate of drug-likeness (QED) is 0.472. The second-order valence-electron chi connectivity index (χ2n) is 6.86. The monoisotopic (exact) mass is 390 g/mol. The number of aryl methyl sites for hydroxylation is 2. The third-order valence-corrected chi connectivity index (χ3v) is 4.83. The van der Waals surface area contributed by atoms with Crippen molar-refractivity contribution in [1.82, 2.24) is 9.55 Å². The van der Waals surface area contributed by atoms with Crippen LogP contribution in [-0.4, -0.2) is 27.2 Å². The number of benzene rings is 2. The fourth-order valence-corrected chi connectivity index (χ4v) is 3.31. The van der Waals surface area contributed by atoms with E-state index in [9.17, 15) is 4.79 Å². The second-order valence-corrected chi connectivity index (χ2v) is 6.86. The molecule has 6 nitrogen and oxygen atoms in total. The summed E-state index contributed by atoms with van der Waals surface area (Å²) in [7, 11) is 0. The highest BCUT2D eigenvalue weighted by Gasteiger charge is 2.11. The third kappa shape index (κ3) is 4.32. The lowest BCUT2D eigenvalue weighted by Gasteiger charge is -2.07. The van der Waals surface area contributed by atoms with Crippen LogP contribution < -0.4 is 4.74 Å². The van der Waals surface area contributed by atoms with Crippen molar-refractivity contribution in [1.29, 1.82) is 0 Å². The molecular formula is C23H22N2O4. The summed E-state index contributed by atoms with van der Waals surface area (Å²) in [5.74, 6) is 1.41. The van der Waals surface area contributed by atoms with E-state index in [1.807, 2.05) is 72.3 Å². The van der Waals surface area contributed by atoms with Gasteiger partial charge in [-0.3, -0.25) is 4.79 Å². The number of aliphatic carboxylic acids is 1. The van der Waals surface area contributed by atoms with Crippen molar-refractivity contribution in [2.75, 3.05) is 6.61 Å². The van der Waals surface area contributed by atoms with E-state index in [0.717, 1.165) is 33.7 Å². The molecule has 0 saturated heterocycles. The van der Waals surface area contributed by atoms with Crippen molar-refractivity contribution in [2.45, 2.75) is 26.3 Å². The Morgan fingerprint density at radius 2 is 2.00 bits per heavy atom. The number of carboxylic acids is 1. The summed E-state index contributed by atoms with van der Waals surface area (Å²) in [6.45, 7) is 2.86. The van der Waals surface area contributed by atoms with Crippen molar-refractivity contribution < 1.29 is 19.1 Å². The Kier molecular flexibility index (Phi) is 5.33. The van der Waals surface area contributed by atoms with Crippen LogP contribution in [0.5, 0.6) is 5.75 Å². The van der Waals surface area contributed by atoms with E-state index in [-0.39, 0.29) is 6.42 Å². The Morgan fingerprint density at radius 3 is 2.79 bits per heavy atom. The molecule has 2 aromatic heterocycles. The van der Waals surface area contributed by atoms with Gasteiger partial charge in [-0.15, -0.1) is 0 Å². The maximum atomic E-state index is 10.8. The molecule has 0 aliphatic carbocycles. The van der Waals surface area contributed by atoms with Crippen LogP contribution >= 0.6 is 0 Å². The number of hydrogen-bond donors (Lipinski definition) is 1. The van der Waals surface area contributed by atoms with Crippen LogP contribution in [0.25, 0.3) is 22.4 Å². The molecular weight excluding hydrogens is 368 g/mol. The maximum Gasteiger partial charge on any atom is 0.305 e. The lowest BCUT2D eigenvalue weighted by Crippen LogP contribution is -2.04. The molecule has 0 atom stereocenters. The Bertz CT molecular complexity index is 1130. The van der Waals surface area contributed by atoms with Crippen LogP contribution in [0.1, 0.15) is 17.9 Å². The molecule has 0 amide bonds. The zero-order valence-electron chi connectivity index (χ0n) is 16.2. The number of rotatable bonds is 8. The molecule has 0 unspecified atom stereocenters. The highest BCUT2D eigenvalue weighted by atomic mass is 16.5. The van der Waals surface area contributed by atoms with Crippen LogP contribution in [0.3, 0.4) is 0 Å². The molecule has 0 radical (unpaired) electrons. The van der Waals surface area contributed by atoms with Gasteiger partial charge in [0, 0.05) is 35.6 Å². The topological polar surface area (TPSA) is 77.5 Å². The Hall–Kier alpha value is -3.54. The first-order chi connectivity index (χ1) is 14.1. The van der Waals surface area contributed by atoms with Crippen LogP contribution in [0.4, 0.5) is 0 Å². The van der Waals surface area contributed by atoms with Crippen LogP contribution in [0.2, 0.25) is 0 Å². The van der Waals surface area contributed by atoms with Gasteiger partial charge in [0.15, 0.2) is 0 Å². The Morgan fingerprint density at radius 1 is 1.17 bits per heavy atom. The van der Waals surface area contributed by atoms with Crippen LogP contribution in [-0.2, 0) is 17.8 Å². The number of aromatic nitrogens is 2. The summed E-state index contributed by atoms with van der Waals surface area (Å²) in [6, 6.07) is 17.6. The number of hydrogen-bond acceptors (Lipinski definition) is 4. The Balaban J connectivity index is 1.39. The molecule has 148 valence electrons. The average molecular weight is 390 g/mol. The normalized spacial score (nSPS) is 11.1. The predicted octanol–water partition coefficient (Wildman–Crippen LogP) is 4.70. The van der Waals surface area contributed by atoms with Gasteiger partial charge in [-0.1, -0.05) is 18.2 Å². The molecule has 0 bridgehead atoms. The minimum atomic E-state index is -0.801. The molecule has 29 heavy (non-hydrogen) atoms. The number of ether oxygens (including phenoxy) is 1. The van der Waals surface area contributed by atoms with Gasteiger partial charge in [-0.25, -0.2) is 4.98 Å². The van der Waals surface area contributed by atoms with E-state index < -0.39 is 5.97 Å². The van der Waals surface area contributed by atoms with E-state index >= 15 is 0 Å². The molecule has 4 aromatic rings. The largest absolute Gasteiger partial charge is 0.493 e. The highest BCUT2D eigenvalue weighted by molar-refractivity contribution is 5.81. The second kappa shape index (κ2) is 8.22. The van der Waals surface area contributed by atoms with Gasteiger partial charge in [-0.2, -0.15) is 0 Å². The Labute approximate surface area is 168 Å². The third-order valence-electron chi connectivity index (χ3n) is 4.83. The van der Waals surface area contributed by atoms with Gasteiger partial charge < -0.3 is 18.8 Å². The summed E-state index contributed by atoms with van der Waals surface area (Å²) >= 11 is 0. The minimum Gasteiger partial charge on any atom is -0.493 e. The highest BCUT2D eigenvalue weighted by Crippen LogP contribution is 2.24. The fourth-order valence-electron chi connectivity index (χ4n) is 3.31. The first-order valence-corrected chi connectivity index (χ1v) is 9.55. The molecule has 0 aliphatic heterocycles. The molecule has 2 aromatic carbocycles. The molecule has 0 spiro atoms. The number of carbonyl (C=O) groups is 1. The molecule has 6 heteroatoms. The van der Waals surface area contributed by atoms with Crippen molar-refractivity contribution in [2.24, 2.45) is 0 Å². The first-order valence-electron chi connectivity index (χ1n) is 9.55. The summed E-state index contributed by atoms with van der Waals surface area (Å²) in [5.41, 5.74) is 2.85. The van der Waals surface area contributed by atoms with Gasteiger partial charge in [0.25, 0.3) is 0 Å². The summed E-state index contributed by atoms with van der Waals surface area (Å²) in [6.07, 6.45) is 2.66. The molecule has 0 aliphatic rings. The molecule has 1 N–H and O–H groups in total. The minimum absolute atomic E-state index is 0.101. The van der Waals surface area contributed by atoms with Gasteiger partial charge >= 0.3 is 5.97 Å². The predicted molar refractivity (Wildman–Crippen MR) is 110 cm³/mol. The maximum absolute atomic E-state index is 10.8. The SMILES string of the molecule is Cc1oc(-c2ccccc2)nc1CCOc1ccc2c(ccn2CCC(=O)O)c1. The van der Waals surface area contributed by atoms with Crippen LogP contribution in [0.15, 0.2) is 65.2 Å². The number of fused-ring (bicyclic) bond motifs is 1. The lowest BCUT2D eigenvalue weighted by atomic mass is 10.2. The molecule has 0 fully saturated rings. The van der Waals surface area contributed by atoms with E-state index in [1.165, 1.54) is 0 Å². The summed E-state index contributed by atoms with van der Waals surface area (Å²) in [4.78, 5) is 15.4. The van der Waals surface area contributed by atoms with Crippen molar-refractivity contribution in [3.05, 3.63) is 72.2 Å². The van der Waals surface area contributed by atoms with Gasteiger partial charge in [0.1, 0.15) is 11.5 Å². The van der Waals surface area contributed by atoms with E-state index in [1.54, 1.807) is 0 Å². The van der Waals surface area contributed by atoms with E-state index in [4.69, 9.17) is 14.3 Å². The van der Waals surface area contributed by atoms with Gasteiger partial charge in [0.2, 0.25) is 5.89 Å². The molecule has 2 heterocycles. The number of nitrogens with zero attached hydrogens (tertiary/aromatic N) is 2. The van der Waals surface area contributed by atoms with Gasteiger partial charge in [-0.05, 0) is 43.3 Å². The van der Waals surface area contributed by atoms with Crippen molar-refractivity contribution in [3.8, 4) is 17.2 Å². The number of carboxylic acid groups (broad SMARTS) is 1. The fraction of sp³-hybridized carbons (Fsp3) is 0.217. The first kappa shape index (κ1) is 18.8. The van der Waals surface area contributed by atoms with Crippen molar-refractivity contribution >= 4 is 16.9 Å². The number of oxazole rings is 1. The average Bonchev–Trinajstić information content (AvgIpc) is 3.30. The van der Waals surface area contributed by atoms with Gasteiger partial charge in [0.05, 0.1) is 18.7 Å². The smallest absolute Gasteiger partial charge is 0.305 e. The van der Waals surface area contributed by atoms with Crippen molar-refractivity contribution in [3.63, 3.8) is 0 Å². The van der Waals surface area contributed by atoms with E-state index in [2.05, 4.69) is 4.98 Å². The summed E-state index contributed by atoms with van der Waals surface area (Å²) < 4.78 is 13.6. The van der Waals surface area contributed by atoms with Crippen LogP contribution in [0, 0.1) is 6.92 Å². The zero-order valence-corrected chi connectivity index (χ0v) is 16.2.